The predicted octanol–water partition coefficient (Wildman–Crippen LogP) is 2.59. The van der Waals surface area contributed by atoms with Crippen LogP contribution in [0.15, 0.2) is 42.7 Å². The Balaban J connectivity index is 1.92. The summed E-state index contributed by atoms with van der Waals surface area (Å²) in [4.78, 5) is 3.98. The largest absolute Gasteiger partial charge is 0.491 e. The molecule has 0 aliphatic carbocycles. The van der Waals surface area contributed by atoms with Crippen LogP contribution in [-0.2, 0) is 6.42 Å². The van der Waals surface area contributed by atoms with Crippen LogP contribution < -0.4 is 10.5 Å². The van der Waals surface area contributed by atoms with Crippen LogP contribution in [0.2, 0.25) is 0 Å². The Morgan fingerprint density at radius 2 is 1.94 bits per heavy atom. The van der Waals surface area contributed by atoms with Gasteiger partial charge in [0.1, 0.15) is 5.75 Å². The summed E-state index contributed by atoms with van der Waals surface area (Å²) in [5.41, 5.74) is 8.88. The molecule has 1 aromatic carbocycles. The van der Waals surface area contributed by atoms with E-state index in [-0.39, 0.29) is 0 Å². The van der Waals surface area contributed by atoms with Crippen molar-refractivity contribution < 1.29 is 4.74 Å². The fourth-order valence-electron chi connectivity index (χ4n) is 1.59. The summed E-state index contributed by atoms with van der Waals surface area (Å²) < 4.78 is 5.68. The maximum absolute atomic E-state index is 5.83. The highest BCUT2D eigenvalue weighted by Gasteiger charge is 2.00. The first-order valence-corrected chi connectivity index (χ1v) is 5.63. The number of hydrogen-bond acceptors (Lipinski definition) is 3. The minimum Gasteiger partial charge on any atom is -0.491 e. The zero-order valence-corrected chi connectivity index (χ0v) is 9.89. The van der Waals surface area contributed by atoms with Gasteiger partial charge in [-0.05, 0) is 42.3 Å². The first kappa shape index (κ1) is 11.5. The first-order chi connectivity index (χ1) is 8.25. The maximum atomic E-state index is 5.83. The fraction of sp³-hybridized carbons (Fsp3) is 0.214. The summed E-state index contributed by atoms with van der Waals surface area (Å²) in [6.07, 6.45) is 4.43. The van der Waals surface area contributed by atoms with Crippen molar-refractivity contribution in [3.63, 3.8) is 0 Å². The molecular formula is C14H16N2O. The molecule has 1 heterocycles. The van der Waals surface area contributed by atoms with Gasteiger partial charge in [0.2, 0.25) is 0 Å². The number of aromatic nitrogens is 1. The molecule has 0 saturated carbocycles. The molecule has 0 fully saturated rings. The lowest BCUT2D eigenvalue weighted by Gasteiger charge is -2.09. The molecule has 0 atom stereocenters. The molecule has 0 radical (unpaired) electrons. The lowest BCUT2D eigenvalue weighted by Crippen LogP contribution is -2.03. The molecule has 0 amide bonds. The average molecular weight is 228 g/mol. The van der Waals surface area contributed by atoms with Gasteiger partial charge in [0, 0.05) is 18.8 Å². The smallest absolute Gasteiger partial charge is 0.142 e. The summed E-state index contributed by atoms with van der Waals surface area (Å²) in [5.74, 6) is 0.763. The van der Waals surface area contributed by atoms with Crippen molar-refractivity contribution in [1.29, 1.82) is 0 Å². The topological polar surface area (TPSA) is 48.1 Å². The van der Waals surface area contributed by atoms with E-state index in [1.807, 2.05) is 37.3 Å². The van der Waals surface area contributed by atoms with E-state index >= 15 is 0 Å². The number of nitrogen functional groups attached to an aromatic ring is 1. The van der Waals surface area contributed by atoms with Gasteiger partial charge in [0.05, 0.1) is 12.3 Å². The highest BCUT2D eigenvalue weighted by atomic mass is 16.5. The second-order valence-electron chi connectivity index (χ2n) is 4.00. The monoisotopic (exact) mass is 228 g/mol. The second-order valence-corrected chi connectivity index (χ2v) is 4.00. The Morgan fingerprint density at radius 1 is 1.18 bits per heavy atom. The molecule has 0 bridgehead atoms. The fourth-order valence-corrected chi connectivity index (χ4v) is 1.59. The number of benzene rings is 1. The molecule has 1 aromatic heterocycles. The van der Waals surface area contributed by atoms with Gasteiger partial charge in [-0.25, -0.2) is 0 Å². The third kappa shape index (κ3) is 3.21. The van der Waals surface area contributed by atoms with Crippen LogP contribution in [0.1, 0.15) is 11.1 Å². The summed E-state index contributed by atoms with van der Waals surface area (Å²) in [7, 11) is 0. The Hall–Kier alpha value is -2.03. The lowest BCUT2D eigenvalue weighted by molar-refractivity contribution is 0.323. The van der Waals surface area contributed by atoms with Crippen molar-refractivity contribution in [1.82, 2.24) is 4.98 Å². The van der Waals surface area contributed by atoms with Crippen LogP contribution in [-0.4, -0.2) is 11.6 Å². The van der Waals surface area contributed by atoms with Crippen LogP contribution >= 0.6 is 0 Å². The van der Waals surface area contributed by atoms with E-state index in [1.165, 1.54) is 5.56 Å². The lowest BCUT2D eigenvalue weighted by atomic mass is 10.2. The van der Waals surface area contributed by atoms with Crippen LogP contribution in [0.3, 0.4) is 0 Å². The van der Waals surface area contributed by atoms with Gasteiger partial charge in [-0.2, -0.15) is 0 Å². The third-order valence-corrected chi connectivity index (χ3v) is 2.57. The number of nitrogens with zero attached hydrogens (tertiary/aromatic N) is 1. The Bertz CT molecular complexity index is 483. The van der Waals surface area contributed by atoms with Crippen molar-refractivity contribution in [2.24, 2.45) is 0 Å². The van der Waals surface area contributed by atoms with E-state index < -0.39 is 0 Å². The van der Waals surface area contributed by atoms with Gasteiger partial charge < -0.3 is 10.5 Å². The van der Waals surface area contributed by atoms with Crippen molar-refractivity contribution >= 4 is 5.69 Å². The number of ether oxygens (including phenoxy) is 1. The van der Waals surface area contributed by atoms with Gasteiger partial charge in [-0.1, -0.05) is 6.07 Å². The molecule has 2 rings (SSSR count). The molecule has 17 heavy (non-hydrogen) atoms. The molecule has 0 unspecified atom stereocenters. The van der Waals surface area contributed by atoms with E-state index in [4.69, 9.17) is 10.5 Å². The van der Waals surface area contributed by atoms with Crippen LogP contribution in [0.4, 0.5) is 5.69 Å². The van der Waals surface area contributed by atoms with Crippen molar-refractivity contribution in [3.8, 4) is 5.75 Å². The van der Waals surface area contributed by atoms with Gasteiger partial charge in [0.15, 0.2) is 0 Å². The molecule has 3 nitrogen and oxygen atoms in total. The van der Waals surface area contributed by atoms with Crippen molar-refractivity contribution in [3.05, 3.63) is 53.9 Å². The summed E-state index contributed by atoms with van der Waals surface area (Å²) >= 11 is 0. The first-order valence-electron chi connectivity index (χ1n) is 5.63. The standard InChI is InChI=1S/C14H16N2O/c1-11-2-3-13(15)14(10-11)17-9-6-12-4-7-16-8-5-12/h2-5,7-8,10H,6,9,15H2,1H3. The highest BCUT2D eigenvalue weighted by molar-refractivity contribution is 5.53. The maximum Gasteiger partial charge on any atom is 0.142 e. The minimum absolute atomic E-state index is 0.623. The van der Waals surface area contributed by atoms with Crippen molar-refractivity contribution in [2.45, 2.75) is 13.3 Å². The quantitative estimate of drug-likeness (QED) is 0.818. The Labute approximate surface area is 101 Å². The Morgan fingerprint density at radius 3 is 2.71 bits per heavy atom. The summed E-state index contributed by atoms with van der Waals surface area (Å²) in [5, 5.41) is 0. The second kappa shape index (κ2) is 5.34. The van der Waals surface area contributed by atoms with E-state index in [1.54, 1.807) is 12.4 Å². The molecular weight excluding hydrogens is 212 g/mol. The van der Waals surface area contributed by atoms with E-state index in [0.717, 1.165) is 17.7 Å². The number of anilines is 1. The molecule has 0 spiro atoms. The molecule has 88 valence electrons. The van der Waals surface area contributed by atoms with Gasteiger partial charge in [-0.15, -0.1) is 0 Å². The number of hydrogen-bond donors (Lipinski definition) is 1. The summed E-state index contributed by atoms with van der Waals surface area (Å²) in [6.45, 7) is 2.65. The SMILES string of the molecule is Cc1ccc(N)c(OCCc2ccncc2)c1. The van der Waals surface area contributed by atoms with Crippen LogP contribution in [0.25, 0.3) is 0 Å². The normalized spacial score (nSPS) is 10.2. The molecule has 0 saturated heterocycles. The number of rotatable bonds is 4. The molecule has 2 aromatic rings. The predicted molar refractivity (Wildman–Crippen MR) is 69.0 cm³/mol. The minimum atomic E-state index is 0.623. The highest BCUT2D eigenvalue weighted by Crippen LogP contribution is 2.22. The number of pyridine rings is 1. The summed E-state index contributed by atoms with van der Waals surface area (Å²) in [6, 6.07) is 9.79. The van der Waals surface area contributed by atoms with E-state index in [2.05, 4.69) is 4.98 Å². The van der Waals surface area contributed by atoms with Crippen LogP contribution in [0.5, 0.6) is 5.75 Å². The van der Waals surface area contributed by atoms with Crippen LogP contribution in [0, 0.1) is 6.92 Å². The zero-order chi connectivity index (χ0) is 12.1. The van der Waals surface area contributed by atoms with E-state index in [0.29, 0.717) is 12.3 Å². The van der Waals surface area contributed by atoms with E-state index in [9.17, 15) is 0 Å². The average Bonchev–Trinajstić information content (AvgIpc) is 2.35. The molecule has 0 aliphatic rings. The molecule has 3 heteroatoms. The Kier molecular flexibility index (Phi) is 3.60. The van der Waals surface area contributed by atoms with Gasteiger partial charge in [-0.3, -0.25) is 4.98 Å². The number of nitrogens with two attached hydrogens (primary N) is 1. The number of aryl methyl sites for hydroxylation is 1. The van der Waals surface area contributed by atoms with Gasteiger partial charge in [0.25, 0.3) is 0 Å². The molecule has 0 aliphatic heterocycles. The van der Waals surface area contributed by atoms with Gasteiger partial charge >= 0.3 is 0 Å². The third-order valence-electron chi connectivity index (χ3n) is 2.57. The zero-order valence-electron chi connectivity index (χ0n) is 9.89. The van der Waals surface area contributed by atoms with Crippen molar-refractivity contribution in [2.75, 3.05) is 12.3 Å². The molecule has 2 N–H and O–H groups in total.